The van der Waals surface area contributed by atoms with Crippen LogP contribution in [0.4, 0.5) is 5.69 Å². The van der Waals surface area contributed by atoms with Gasteiger partial charge < -0.3 is 20.7 Å². The molecule has 1 unspecified atom stereocenters. The number of carbonyl (C=O) groups is 2. The predicted octanol–water partition coefficient (Wildman–Crippen LogP) is 2.66. The molecule has 31 heavy (non-hydrogen) atoms. The zero-order chi connectivity index (χ0) is 21.9. The zero-order valence-corrected chi connectivity index (χ0v) is 17.4. The lowest BCUT2D eigenvalue weighted by Crippen LogP contribution is -2.48. The average molecular weight is 418 g/mol. The first-order valence-corrected chi connectivity index (χ1v) is 10.1. The normalized spacial score (nSPS) is 11.3. The number of ether oxygens (including phenoxy) is 1. The first-order chi connectivity index (χ1) is 15.2. The summed E-state index contributed by atoms with van der Waals surface area (Å²) in [7, 11) is 1.62. The summed E-state index contributed by atoms with van der Waals surface area (Å²) in [6, 6.07) is 19.7. The molecule has 160 valence electrons. The molecule has 7 nitrogen and oxygen atoms in total. The highest BCUT2D eigenvalue weighted by Crippen LogP contribution is 2.14. The van der Waals surface area contributed by atoms with Crippen molar-refractivity contribution in [2.45, 2.75) is 12.5 Å². The summed E-state index contributed by atoms with van der Waals surface area (Å²) in [6.07, 6.45) is 3.49. The van der Waals surface area contributed by atoms with Crippen LogP contribution >= 0.6 is 0 Å². The van der Waals surface area contributed by atoms with Gasteiger partial charge in [-0.15, -0.1) is 0 Å². The summed E-state index contributed by atoms with van der Waals surface area (Å²) in [5.74, 6) is 0.241. The van der Waals surface area contributed by atoms with Gasteiger partial charge in [0.25, 0.3) is 5.91 Å². The van der Waals surface area contributed by atoms with Gasteiger partial charge in [-0.05, 0) is 42.0 Å². The van der Waals surface area contributed by atoms with E-state index in [2.05, 4.69) is 20.9 Å². The van der Waals surface area contributed by atoms with Gasteiger partial charge in [-0.1, -0.05) is 30.3 Å². The molecule has 0 saturated carbocycles. The molecule has 3 aromatic rings. The molecule has 0 fully saturated rings. The maximum atomic E-state index is 12.8. The van der Waals surface area contributed by atoms with Gasteiger partial charge in [0.05, 0.1) is 7.11 Å². The van der Waals surface area contributed by atoms with Gasteiger partial charge in [0.1, 0.15) is 11.8 Å². The molecule has 0 radical (unpaired) electrons. The molecule has 7 heteroatoms. The van der Waals surface area contributed by atoms with E-state index >= 15 is 0 Å². The van der Waals surface area contributed by atoms with Crippen LogP contribution in [0.25, 0.3) is 0 Å². The van der Waals surface area contributed by atoms with Crippen molar-refractivity contribution in [1.82, 2.24) is 15.6 Å². The lowest BCUT2D eigenvalue weighted by atomic mass is 10.0. The molecule has 1 aromatic heterocycles. The number of hydrogen-bond donors (Lipinski definition) is 3. The van der Waals surface area contributed by atoms with Crippen LogP contribution in [0.1, 0.15) is 15.9 Å². The van der Waals surface area contributed by atoms with Crippen molar-refractivity contribution in [1.29, 1.82) is 0 Å². The van der Waals surface area contributed by atoms with E-state index in [0.29, 0.717) is 25.1 Å². The number of pyridine rings is 1. The number of amides is 2. The van der Waals surface area contributed by atoms with Gasteiger partial charge in [0.2, 0.25) is 5.91 Å². The fraction of sp³-hybridized carbons (Fsp3) is 0.208. The van der Waals surface area contributed by atoms with Crippen molar-refractivity contribution in [3.63, 3.8) is 0 Å². The highest BCUT2D eigenvalue weighted by Gasteiger charge is 2.21. The first kappa shape index (κ1) is 21.8. The van der Waals surface area contributed by atoms with Crippen molar-refractivity contribution in [2.75, 3.05) is 25.5 Å². The highest BCUT2D eigenvalue weighted by molar-refractivity contribution is 5.97. The second-order valence-corrected chi connectivity index (χ2v) is 6.90. The molecule has 0 aliphatic carbocycles. The van der Waals surface area contributed by atoms with E-state index in [1.165, 1.54) is 0 Å². The van der Waals surface area contributed by atoms with E-state index < -0.39 is 6.04 Å². The van der Waals surface area contributed by atoms with Crippen LogP contribution < -0.4 is 20.7 Å². The Hall–Kier alpha value is -3.87. The summed E-state index contributed by atoms with van der Waals surface area (Å²) in [6.45, 7) is 0.968. The van der Waals surface area contributed by atoms with E-state index in [1.807, 2.05) is 54.6 Å². The van der Waals surface area contributed by atoms with Crippen molar-refractivity contribution < 1.29 is 14.3 Å². The lowest BCUT2D eigenvalue weighted by Gasteiger charge is -2.19. The number of nitrogens with zero attached hydrogens (tertiary/aromatic N) is 1. The summed E-state index contributed by atoms with van der Waals surface area (Å²) in [4.78, 5) is 29.3. The monoisotopic (exact) mass is 418 g/mol. The van der Waals surface area contributed by atoms with Crippen LogP contribution in [0.15, 0.2) is 79.1 Å². The van der Waals surface area contributed by atoms with E-state index in [9.17, 15) is 9.59 Å². The van der Waals surface area contributed by atoms with Crippen LogP contribution in [-0.4, -0.2) is 43.0 Å². The summed E-state index contributed by atoms with van der Waals surface area (Å²) < 4.78 is 5.14. The van der Waals surface area contributed by atoms with Crippen LogP contribution in [0.3, 0.4) is 0 Å². The molecule has 0 spiro atoms. The SMILES string of the molecule is COc1ccc(NCCNC(=O)C(Cc2ccccc2)NC(=O)c2ccncc2)cc1. The predicted molar refractivity (Wildman–Crippen MR) is 120 cm³/mol. The molecule has 0 saturated heterocycles. The fourth-order valence-electron chi connectivity index (χ4n) is 3.03. The number of anilines is 1. The van der Waals surface area contributed by atoms with Gasteiger partial charge in [-0.3, -0.25) is 14.6 Å². The molecule has 1 heterocycles. The smallest absolute Gasteiger partial charge is 0.252 e. The average Bonchev–Trinajstić information content (AvgIpc) is 2.83. The largest absolute Gasteiger partial charge is 0.497 e. The molecule has 0 aliphatic heterocycles. The zero-order valence-electron chi connectivity index (χ0n) is 17.4. The number of rotatable bonds is 10. The Kier molecular flexibility index (Phi) is 7.99. The highest BCUT2D eigenvalue weighted by atomic mass is 16.5. The maximum Gasteiger partial charge on any atom is 0.252 e. The number of nitrogens with one attached hydrogen (secondary N) is 3. The van der Waals surface area contributed by atoms with E-state index in [-0.39, 0.29) is 11.8 Å². The fourth-order valence-corrected chi connectivity index (χ4v) is 3.03. The van der Waals surface area contributed by atoms with Crippen LogP contribution in [0.2, 0.25) is 0 Å². The Morgan fingerprint density at radius 3 is 2.32 bits per heavy atom. The topological polar surface area (TPSA) is 92.4 Å². The third-order valence-electron chi connectivity index (χ3n) is 4.69. The van der Waals surface area contributed by atoms with Crippen molar-refractivity contribution in [3.05, 3.63) is 90.3 Å². The summed E-state index contributed by atoms with van der Waals surface area (Å²) >= 11 is 0. The van der Waals surface area contributed by atoms with Crippen LogP contribution in [0, 0.1) is 0 Å². The standard InChI is InChI=1S/C24H26N4O3/c1-31-21-9-7-20(8-10-21)26-15-16-27-24(30)22(17-18-5-3-2-4-6-18)28-23(29)19-11-13-25-14-12-19/h2-14,22,26H,15-17H2,1H3,(H,27,30)(H,28,29). The van der Waals surface area contributed by atoms with Gasteiger partial charge >= 0.3 is 0 Å². The quantitative estimate of drug-likeness (QED) is 0.440. The third kappa shape index (κ3) is 6.85. The minimum absolute atomic E-state index is 0.234. The van der Waals surface area contributed by atoms with Crippen molar-refractivity contribution in [2.24, 2.45) is 0 Å². The van der Waals surface area contributed by atoms with E-state index in [1.54, 1.807) is 31.6 Å². The van der Waals surface area contributed by atoms with Crippen LogP contribution in [-0.2, 0) is 11.2 Å². The number of methoxy groups -OCH3 is 1. The van der Waals surface area contributed by atoms with Crippen molar-refractivity contribution >= 4 is 17.5 Å². The molecule has 2 amide bonds. The minimum atomic E-state index is -0.691. The van der Waals surface area contributed by atoms with Crippen LogP contribution in [0.5, 0.6) is 5.75 Å². The number of hydrogen-bond acceptors (Lipinski definition) is 5. The van der Waals surface area contributed by atoms with E-state index in [4.69, 9.17) is 4.74 Å². The first-order valence-electron chi connectivity index (χ1n) is 10.1. The van der Waals surface area contributed by atoms with Gasteiger partial charge in [-0.25, -0.2) is 0 Å². The van der Waals surface area contributed by atoms with Crippen molar-refractivity contribution in [3.8, 4) is 5.75 Å². The van der Waals surface area contributed by atoms with E-state index in [0.717, 1.165) is 17.0 Å². The molecular weight excluding hydrogens is 392 g/mol. The van der Waals surface area contributed by atoms with Gasteiger partial charge in [-0.2, -0.15) is 0 Å². The Morgan fingerprint density at radius 1 is 0.935 bits per heavy atom. The number of carbonyl (C=O) groups excluding carboxylic acids is 2. The number of aromatic nitrogens is 1. The summed E-state index contributed by atoms with van der Waals surface area (Å²) in [5.41, 5.74) is 2.36. The molecule has 1 atom stereocenters. The Morgan fingerprint density at radius 2 is 1.65 bits per heavy atom. The second kappa shape index (κ2) is 11.3. The molecule has 3 N–H and O–H groups in total. The Bertz CT molecular complexity index is 963. The van der Waals surface area contributed by atoms with Gasteiger partial charge in [0, 0.05) is 43.2 Å². The Balaban J connectivity index is 1.56. The lowest BCUT2D eigenvalue weighted by molar-refractivity contribution is -0.122. The molecule has 0 aliphatic rings. The summed E-state index contributed by atoms with van der Waals surface area (Å²) in [5, 5.41) is 8.98. The molecule has 2 aromatic carbocycles. The second-order valence-electron chi connectivity index (χ2n) is 6.90. The Labute approximate surface area is 181 Å². The van der Waals surface area contributed by atoms with Gasteiger partial charge in [0.15, 0.2) is 0 Å². The molecule has 0 bridgehead atoms. The maximum absolute atomic E-state index is 12.8. The minimum Gasteiger partial charge on any atom is -0.497 e. The molecular formula is C24H26N4O3. The molecule has 3 rings (SSSR count). The third-order valence-corrected chi connectivity index (χ3v) is 4.69. The number of benzene rings is 2.